The van der Waals surface area contributed by atoms with Crippen LogP contribution in [-0.2, 0) is 6.54 Å². The Morgan fingerprint density at radius 1 is 1.28 bits per heavy atom. The Morgan fingerprint density at radius 2 is 2.00 bits per heavy atom. The lowest BCUT2D eigenvalue weighted by molar-refractivity contribution is 0.0955. The molecule has 0 aliphatic rings. The lowest BCUT2D eigenvalue weighted by Crippen LogP contribution is -2.22. The highest BCUT2D eigenvalue weighted by atomic mass is 79.9. The second-order valence-corrected chi connectivity index (χ2v) is 6.55. The molecule has 0 aliphatic heterocycles. The van der Waals surface area contributed by atoms with Gasteiger partial charge < -0.3 is 5.32 Å². The maximum atomic E-state index is 12.0. The summed E-state index contributed by atoms with van der Waals surface area (Å²) in [4.78, 5) is 12.7. The fourth-order valence-corrected chi connectivity index (χ4v) is 3.09. The van der Waals surface area contributed by atoms with E-state index >= 15 is 0 Å². The first-order valence-corrected chi connectivity index (χ1v) is 7.27. The monoisotopic (exact) mass is 323 g/mol. The van der Waals surface area contributed by atoms with Crippen LogP contribution in [0, 0.1) is 13.8 Å². The Labute approximate surface area is 119 Å². The Balaban J connectivity index is 2.03. The first-order chi connectivity index (χ1) is 8.58. The van der Waals surface area contributed by atoms with Crippen LogP contribution in [0.2, 0.25) is 0 Å². The first-order valence-electron chi connectivity index (χ1n) is 5.66. The standard InChI is InChI=1S/C14H14BrNOS/c1-9-5-3-4-6-11(9)8-16-14(17)12-7-10(2)13(15)18-12/h3-7H,8H2,1-2H3,(H,16,17). The van der Waals surface area contributed by atoms with Gasteiger partial charge in [-0.1, -0.05) is 24.3 Å². The van der Waals surface area contributed by atoms with Gasteiger partial charge in [0.05, 0.1) is 8.66 Å². The van der Waals surface area contributed by atoms with E-state index in [1.54, 1.807) is 0 Å². The third-order valence-electron chi connectivity index (χ3n) is 2.78. The van der Waals surface area contributed by atoms with Gasteiger partial charge in [0.15, 0.2) is 0 Å². The molecule has 0 saturated carbocycles. The van der Waals surface area contributed by atoms with Gasteiger partial charge in [-0.25, -0.2) is 0 Å². The Bertz CT molecular complexity index is 557. The molecule has 0 bridgehead atoms. The van der Waals surface area contributed by atoms with Gasteiger partial charge in [-0.05, 0) is 52.5 Å². The maximum Gasteiger partial charge on any atom is 0.261 e. The van der Waals surface area contributed by atoms with E-state index in [-0.39, 0.29) is 5.91 Å². The molecule has 2 nitrogen and oxygen atoms in total. The topological polar surface area (TPSA) is 29.1 Å². The van der Waals surface area contributed by atoms with E-state index in [1.165, 1.54) is 16.9 Å². The van der Waals surface area contributed by atoms with Gasteiger partial charge in [0, 0.05) is 6.54 Å². The molecular formula is C14H14BrNOS. The molecule has 0 radical (unpaired) electrons. The fraction of sp³-hybridized carbons (Fsp3) is 0.214. The molecular weight excluding hydrogens is 310 g/mol. The average molecular weight is 324 g/mol. The van der Waals surface area contributed by atoms with Crippen LogP contribution in [0.5, 0.6) is 0 Å². The zero-order valence-electron chi connectivity index (χ0n) is 10.3. The molecule has 1 aromatic carbocycles. The van der Waals surface area contributed by atoms with Gasteiger partial charge in [-0.2, -0.15) is 0 Å². The Morgan fingerprint density at radius 3 is 2.61 bits per heavy atom. The molecule has 18 heavy (non-hydrogen) atoms. The second kappa shape index (κ2) is 5.67. The van der Waals surface area contributed by atoms with Crippen molar-refractivity contribution in [2.75, 3.05) is 0 Å². The van der Waals surface area contributed by atoms with E-state index < -0.39 is 0 Å². The molecule has 0 atom stereocenters. The quantitative estimate of drug-likeness (QED) is 0.906. The molecule has 0 unspecified atom stereocenters. The molecule has 4 heteroatoms. The minimum Gasteiger partial charge on any atom is -0.347 e. The summed E-state index contributed by atoms with van der Waals surface area (Å²) in [7, 11) is 0. The number of amides is 1. The second-order valence-electron chi connectivity index (χ2n) is 4.18. The maximum absolute atomic E-state index is 12.0. The van der Waals surface area contributed by atoms with Crippen molar-refractivity contribution in [1.82, 2.24) is 5.32 Å². The number of carbonyl (C=O) groups is 1. The molecule has 1 aromatic heterocycles. The highest BCUT2D eigenvalue weighted by molar-refractivity contribution is 9.11. The van der Waals surface area contributed by atoms with E-state index in [0.717, 1.165) is 19.8 Å². The van der Waals surface area contributed by atoms with Gasteiger partial charge in [-0.15, -0.1) is 11.3 Å². The zero-order chi connectivity index (χ0) is 13.1. The fourth-order valence-electron chi connectivity index (χ4n) is 1.64. The SMILES string of the molecule is Cc1ccccc1CNC(=O)c1cc(C)c(Br)s1. The number of carbonyl (C=O) groups excluding carboxylic acids is 1. The number of aryl methyl sites for hydroxylation is 2. The lowest BCUT2D eigenvalue weighted by Gasteiger charge is -2.06. The summed E-state index contributed by atoms with van der Waals surface area (Å²) in [6.45, 7) is 4.60. The molecule has 94 valence electrons. The van der Waals surface area contributed by atoms with Crippen molar-refractivity contribution in [2.24, 2.45) is 0 Å². The Kier molecular flexibility index (Phi) is 4.19. The summed E-state index contributed by atoms with van der Waals surface area (Å²) < 4.78 is 1.02. The van der Waals surface area contributed by atoms with Gasteiger partial charge in [0.1, 0.15) is 0 Å². The van der Waals surface area contributed by atoms with Gasteiger partial charge in [0.25, 0.3) is 5.91 Å². The predicted octanol–water partition coefficient (Wildman–Crippen LogP) is 4.06. The summed E-state index contributed by atoms with van der Waals surface area (Å²) in [5.74, 6) is -0.0166. The van der Waals surface area contributed by atoms with Crippen LogP contribution in [0.15, 0.2) is 34.1 Å². The van der Waals surface area contributed by atoms with Crippen LogP contribution in [0.25, 0.3) is 0 Å². The van der Waals surface area contributed by atoms with Crippen LogP contribution in [0.4, 0.5) is 0 Å². The number of benzene rings is 1. The third kappa shape index (κ3) is 3.00. The number of hydrogen-bond donors (Lipinski definition) is 1. The summed E-state index contributed by atoms with van der Waals surface area (Å²) >= 11 is 4.90. The normalized spacial score (nSPS) is 10.4. The highest BCUT2D eigenvalue weighted by Crippen LogP contribution is 2.27. The predicted molar refractivity (Wildman–Crippen MR) is 79.1 cm³/mol. The largest absolute Gasteiger partial charge is 0.347 e. The summed E-state index contributed by atoms with van der Waals surface area (Å²) in [5, 5.41) is 2.95. The molecule has 0 aliphatic carbocycles. The third-order valence-corrected chi connectivity index (χ3v) is 4.92. The van der Waals surface area contributed by atoms with E-state index in [9.17, 15) is 4.79 Å². The van der Waals surface area contributed by atoms with Crippen LogP contribution >= 0.6 is 27.3 Å². The number of hydrogen-bond acceptors (Lipinski definition) is 2. The minimum absolute atomic E-state index is 0.0166. The van der Waals surface area contributed by atoms with E-state index in [4.69, 9.17) is 0 Å². The first kappa shape index (κ1) is 13.3. The minimum atomic E-state index is -0.0166. The Hall–Kier alpha value is -1.13. The van der Waals surface area contributed by atoms with E-state index in [1.807, 2.05) is 44.2 Å². The van der Waals surface area contributed by atoms with Crippen LogP contribution < -0.4 is 5.32 Å². The molecule has 0 spiro atoms. The van der Waals surface area contributed by atoms with Crippen molar-refractivity contribution in [3.63, 3.8) is 0 Å². The average Bonchev–Trinajstić information content (AvgIpc) is 2.68. The highest BCUT2D eigenvalue weighted by Gasteiger charge is 2.10. The number of halogens is 1. The summed E-state index contributed by atoms with van der Waals surface area (Å²) in [6.07, 6.45) is 0. The van der Waals surface area contributed by atoms with Crippen molar-refractivity contribution >= 4 is 33.2 Å². The molecule has 2 aromatic rings. The molecule has 1 amide bonds. The van der Waals surface area contributed by atoms with Crippen LogP contribution in [0.3, 0.4) is 0 Å². The zero-order valence-corrected chi connectivity index (χ0v) is 12.7. The van der Waals surface area contributed by atoms with Crippen molar-refractivity contribution in [1.29, 1.82) is 0 Å². The van der Waals surface area contributed by atoms with E-state index in [2.05, 4.69) is 21.2 Å². The molecule has 2 rings (SSSR count). The molecule has 0 saturated heterocycles. The van der Waals surface area contributed by atoms with Crippen molar-refractivity contribution in [2.45, 2.75) is 20.4 Å². The van der Waals surface area contributed by atoms with Crippen LogP contribution in [-0.4, -0.2) is 5.91 Å². The number of nitrogens with one attached hydrogen (secondary N) is 1. The lowest BCUT2D eigenvalue weighted by atomic mass is 10.1. The molecule has 1 heterocycles. The molecule has 1 N–H and O–H groups in total. The molecule has 0 fully saturated rings. The van der Waals surface area contributed by atoms with E-state index in [0.29, 0.717) is 6.54 Å². The smallest absolute Gasteiger partial charge is 0.261 e. The summed E-state index contributed by atoms with van der Waals surface area (Å²) in [6, 6.07) is 9.97. The van der Waals surface area contributed by atoms with Gasteiger partial charge >= 0.3 is 0 Å². The van der Waals surface area contributed by atoms with Crippen molar-refractivity contribution in [3.05, 3.63) is 55.7 Å². The van der Waals surface area contributed by atoms with Crippen molar-refractivity contribution in [3.8, 4) is 0 Å². The van der Waals surface area contributed by atoms with Gasteiger partial charge in [-0.3, -0.25) is 4.79 Å². The van der Waals surface area contributed by atoms with Crippen molar-refractivity contribution < 1.29 is 4.79 Å². The summed E-state index contributed by atoms with van der Waals surface area (Å²) in [5.41, 5.74) is 3.44. The number of rotatable bonds is 3. The number of thiophene rings is 1. The van der Waals surface area contributed by atoms with Gasteiger partial charge in [0.2, 0.25) is 0 Å². The van der Waals surface area contributed by atoms with Crippen LogP contribution in [0.1, 0.15) is 26.4 Å².